The molecule has 0 unspecified atom stereocenters. The van der Waals surface area contributed by atoms with Crippen molar-refractivity contribution in [3.8, 4) is 0 Å². The van der Waals surface area contributed by atoms with Crippen LogP contribution >= 0.6 is 0 Å². The van der Waals surface area contributed by atoms with Crippen LogP contribution in [0, 0.1) is 0 Å². The Morgan fingerprint density at radius 2 is 1.78 bits per heavy atom. The van der Waals surface area contributed by atoms with E-state index in [1.807, 2.05) is 5.32 Å². The van der Waals surface area contributed by atoms with Gasteiger partial charge < -0.3 is 5.32 Å². The quantitative estimate of drug-likeness (QED) is 0.410. The summed E-state index contributed by atoms with van der Waals surface area (Å²) in [5.41, 5.74) is 0. The zero-order valence-electron chi connectivity index (χ0n) is 10.1. The maximum absolute atomic E-state index is 8.74. The molecule has 0 bridgehead atoms. The van der Waals surface area contributed by atoms with Gasteiger partial charge in [-0.25, -0.2) is 0 Å². The summed E-state index contributed by atoms with van der Waals surface area (Å²) in [6, 6.07) is 0. The fraction of sp³-hybridized carbons (Fsp3) is 1.00. The second-order valence-electron chi connectivity index (χ2n) is 0.948. The van der Waals surface area contributed by atoms with Gasteiger partial charge in [0.05, 0.1) is 0 Å². The van der Waals surface area contributed by atoms with Crippen LogP contribution in [0.3, 0.4) is 0 Å². The molecule has 0 amide bonds. The molecular formula is C3H9NO4S. The maximum Gasteiger partial charge on any atom is 0.394 e. The van der Waals surface area contributed by atoms with Crippen molar-refractivity contribution in [3.63, 3.8) is 0 Å². The molecule has 3 N–H and O–H groups in total. The second-order valence-corrected chi connectivity index (χ2v) is 1.84. The molecule has 0 aromatic rings. The molecule has 0 aliphatic carbocycles. The molecule has 1 aliphatic rings. The van der Waals surface area contributed by atoms with E-state index in [2.05, 4.69) is 0 Å². The van der Waals surface area contributed by atoms with E-state index in [0.29, 0.717) is 0 Å². The van der Waals surface area contributed by atoms with E-state index < -0.39 is 29.8 Å². The third kappa shape index (κ3) is 18.1. The van der Waals surface area contributed by atoms with Gasteiger partial charge in [-0.05, 0) is 19.4 Å². The molecule has 0 aromatic heterocycles. The van der Waals surface area contributed by atoms with Crippen LogP contribution < -0.4 is 5.32 Å². The van der Waals surface area contributed by atoms with E-state index in [0.717, 1.165) is 0 Å². The predicted molar refractivity (Wildman–Crippen MR) is 31.7 cm³/mol. The summed E-state index contributed by atoms with van der Waals surface area (Å²) in [6.07, 6.45) is -2.43. The lowest BCUT2D eigenvalue weighted by molar-refractivity contribution is 0.381. The van der Waals surface area contributed by atoms with E-state index in [1.165, 1.54) is 0 Å². The summed E-state index contributed by atoms with van der Waals surface area (Å²) >= 11 is 0. The molecule has 5 nitrogen and oxygen atoms in total. The smallest absolute Gasteiger partial charge is 0.317 e. The Bertz CT molecular complexity index is 314. The van der Waals surface area contributed by atoms with Crippen LogP contribution in [0.15, 0.2) is 0 Å². The van der Waals surface area contributed by atoms with Gasteiger partial charge in [-0.2, -0.15) is 8.42 Å². The van der Waals surface area contributed by atoms with Gasteiger partial charge in [0.2, 0.25) is 0 Å². The van der Waals surface area contributed by atoms with Gasteiger partial charge in [-0.15, -0.1) is 0 Å². The molecule has 56 valence electrons. The molecule has 0 saturated carbocycles. The predicted octanol–water partition coefficient (Wildman–Crippen LogP) is -0.673. The highest BCUT2D eigenvalue weighted by Gasteiger charge is 1.92. The monoisotopic (exact) mass is 161 g/mol. The van der Waals surface area contributed by atoms with E-state index in [1.54, 1.807) is 0 Å². The first kappa shape index (κ1) is 2.83. The molecule has 6 heteroatoms. The summed E-state index contributed by atoms with van der Waals surface area (Å²) in [7, 11) is -4.67. The van der Waals surface area contributed by atoms with Crippen molar-refractivity contribution in [2.45, 2.75) is 6.37 Å². The Labute approximate surface area is 62.1 Å². The number of nitrogens with one attached hydrogen (secondary N) is 1. The number of hydrogen-bond acceptors (Lipinski definition) is 3. The largest absolute Gasteiger partial charge is 0.394 e. The lowest BCUT2D eigenvalue weighted by Crippen LogP contribution is -2.29. The van der Waals surface area contributed by atoms with Crippen molar-refractivity contribution in [3.05, 3.63) is 0 Å². The Balaban J connectivity index is 0.000000336. The van der Waals surface area contributed by atoms with E-state index in [-0.39, 0.29) is 0 Å². The second kappa shape index (κ2) is 3.78. The zero-order valence-corrected chi connectivity index (χ0v) is 4.94. The zero-order chi connectivity index (χ0) is 12.7. The molecule has 1 rings (SSSR count). The first-order valence-electron chi connectivity index (χ1n) is 4.70. The average Bonchev–Trinajstić information content (AvgIpc) is 1.78. The molecule has 1 heterocycles. The molecule has 9 heavy (non-hydrogen) atoms. The Morgan fingerprint density at radius 3 is 1.78 bits per heavy atom. The summed E-state index contributed by atoms with van der Waals surface area (Å²) in [5, 5.41) is 1.84. The Morgan fingerprint density at radius 1 is 1.44 bits per heavy atom. The highest BCUT2D eigenvalue weighted by atomic mass is 32.3. The lowest BCUT2D eigenvalue weighted by atomic mass is 10.3. The van der Waals surface area contributed by atoms with Crippen LogP contribution in [-0.2, 0) is 10.4 Å². The van der Waals surface area contributed by atoms with Crippen LogP contribution in [-0.4, -0.2) is 30.5 Å². The first-order valence-corrected chi connectivity index (χ1v) is 3.10. The van der Waals surface area contributed by atoms with Crippen molar-refractivity contribution in [1.29, 1.82) is 0 Å². The number of hydrogen-bond donors (Lipinski definition) is 3. The summed E-state index contributed by atoms with van der Waals surface area (Å²) in [5.74, 6) is 0. The van der Waals surface area contributed by atoms with E-state index in [4.69, 9.17) is 25.7 Å². The minimum atomic E-state index is -4.67. The minimum absolute atomic E-state index is 1.84. The van der Waals surface area contributed by atoms with Crippen LogP contribution in [0.2, 0.25) is 0 Å². The van der Waals surface area contributed by atoms with Crippen molar-refractivity contribution in [2.75, 3.05) is 13.0 Å². The van der Waals surface area contributed by atoms with E-state index >= 15 is 0 Å². The third-order valence-corrected chi connectivity index (χ3v) is 0.250. The molecule has 1 saturated heterocycles. The van der Waals surface area contributed by atoms with Crippen molar-refractivity contribution < 1.29 is 25.7 Å². The van der Waals surface area contributed by atoms with Gasteiger partial charge in [-0.3, -0.25) is 9.11 Å². The molecular weight excluding hydrogens is 146 g/mol. The SMILES string of the molecule is O=S(=O)(O)O.[2H]C1([2H])NC([2H])([2H])C1([2H])[2H]. The topological polar surface area (TPSA) is 86.6 Å². The van der Waals surface area contributed by atoms with Crippen molar-refractivity contribution in [1.82, 2.24) is 5.32 Å². The van der Waals surface area contributed by atoms with Crippen molar-refractivity contribution >= 4 is 10.4 Å². The van der Waals surface area contributed by atoms with Gasteiger partial charge in [0, 0.05) is 8.22 Å². The molecule has 0 aromatic carbocycles. The normalized spacial score (nSPS) is 43.8. The standard InChI is InChI=1S/C3H7N.H2O4S/c1-2-4-3-1;1-5(2,3)4/h4H,1-3H2;(H2,1,2,3,4)/i1D2,2D2,3D2;. The summed E-state index contributed by atoms with van der Waals surface area (Å²) in [4.78, 5) is 0. The Hall–Kier alpha value is -0.170. The highest BCUT2D eigenvalue weighted by molar-refractivity contribution is 7.79. The summed E-state index contributed by atoms with van der Waals surface area (Å²) in [6.45, 7) is -4.48. The fourth-order valence-electron chi connectivity index (χ4n) is 0.0625. The van der Waals surface area contributed by atoms with Gasteiger partial charge in [0.1, 0.15) is 0 Å². The van der Waals surface area contributed by atoms with Crippen LogP contribution in [0.4, 0.5) is 0 Å². The lowest BCUT2D eigenvalue weighted by Gasteiger charge is -2.09. The van der Waals surface area contributed by atoms with Gasteiger partial charge in [0.15, 0.2) is 0 Å². The van der Waals surface area contributed by atoms with Crippen LogP contribution in [0.5, 0.6) is 0 Å². The van der Waals surface area contributed by atoms with Crippen molar-refractivity contribution in [2.24, 2.45) is 0 Å². The van der Waals surface area contributed by atoms with E-state index in [9.17, 15) is 0 Å². The van der Waals surface area contributed by atoms with Gasteiger partial charge >= 0.3 is 10.4 Å². The maximum atomic E-state index is 8.74. The van der Waals surface area contributed by atoms with Gasteiger partial charge in [0.25, 0.3) is 0 Å². The molecule has 0 spiro atoms. The fourth-order valence-corrected chi connectivity index (χ4v) is 0.0625. The van der Waals surface area contributed by atoms with Crippen LogP contribution in [0.1, 0.15) is 14.6 Å². The Kier molecular flexibility index (Phi) is 1.19. The highest BCUT2D eigenvalue weighted by Crippen LogP contribution is 1.80. The third-order valence-electron chi connectivity index (χ3n) is 0.250. The summed E-state index contributed by atoms with van der Waals surface area (Å²) < 4.78 is 72.9. The van der Waals surface area contributed by atoms with Gasteiger partial charge in [-0.1, -0.05) is 0 Å². The average molecular weight is 161 g/mol. The molecule has 0 atom stereocenters. The molecule has 1 fully saturated rings. The number of rotatable bonds is 0. The first-order chi connectivity index (χ1) is 6.21. The van der Waals surface area contributed by atoms with Crippen LogP contribution in [0.25, 0.3) is 0 Å². The minimum Gasteiger partial charge on any atom is -0.317 e. The molecule has 1 aliphatic heterocycles. The molecule has 0 radical (unpaired) electrons.